The van der Waals surface area contributed by atoms with Crippen LogP contribution in [0.4, 0.5) is 15.8 Å². The van der Waals surface area contributed by atoms with Gasteiger partial charge in [0.2, 0.25) is 5.91 Å². The predicted octanol–water partition coefficient (Wildman–Crippen LogP) is 2.89. The van der Waals surface area contributed by atoms with E-state index in [0.717, 1.165) is 0 Å². The van der Waals surface area contributed by atoms with Crippen LogP contribution in [-0.4, -0.2) is 26.7 Å². The third kappa shape index (κ3) is 3.88. The first-order valence-corrected chi connectivity index (χ1v) is 6.64. The number of ether oxygens (including phenoxy) is 2. The van der Waals surface area contributed by atoms with Crippen LogP contribution in [-0.2, 0) is 4.79 Å². The molecule has 0 unspecified atom stereocenters. The zero-order valence-electron chi connectivity index (χ0n) is 12.4. The molecule has 2 aromatic rings. The Morgan fingerprint density at radius 2 is 1.82 bits per heavy atom. The van der Waals surface area contributed by atoms with E-state index in [0.29, 0.717) is 17.2 Å². The average molecular weight is 304 g/mol. The minimum Gasteiger partial charge on any atom is -0.493 e. The smallest absolute Gasteiger partial charge is 0.243 e. The van der Waals surface area contributed by atoms with Crippen molar-refractivity contribution < 1.29 is 18.7 Å². The molecule has 0 aliphatic carbocycles. The second kappa shape index (κ2) is 7.31. The number of para-hydroxylation sites is 1. The van der Waals surface area contributed by atoms with Gasteiger partial charge in [0.1, 0.15) is 5.82 Å². The lowest BCUT2D eigenvalue weighted by Gasteiger charge is -2.11. The van der Waals surface area contributed by atoms with Gasteiger partial charge in [-0.1, -0.05) is 12.1 Å². The van der Waals surface area contributed by atoms with E-state index in [9.17, 15) is 9.18 Å². The van der Waals surface area contributed by atoms with Crippen LogP contribution in [0.5, 0.6) is 11.5 Å². The fourth-order valence-electron chi connectivity index (χ4n) is 1.90. The Hall–Kier alpha value is -2.76. The number of methoxy groups -OCH3 is 2. The molecule has 0 saturated carbocycles. The molecule has 0 atom stereocenters. The Kier molecular flexibility index (Phi) is 5.19. The largest absolute Gasteiger partial charge is 0.493 e. The fourth-order valence-corrected chi connectivity index (χ4v) is 1.90. The molecule has 0 bridgehead atoms. The minimum absolute atomic E-state index is 0.0464. The molecule has 1 amide bonds. The third-order valence-corrected chi connectivity index (χ3v) is 2.98. The summed E-state index contributed by atoms with van der Waals surface area (Å²) >= 11 is 0. The molecule has 5 nitrogen and oxygen atoms in total. The van der Waals surface area contributed by atoms with Gasteiger partial charge in [0.05, 0.1) is 26.5 Å². The zero-order chi connectivity index (χ0) is 15.9. The van der Waals surface area contributed by atoms with Crippen molar-refractivity contribution in [1.82, 2.24) is 0 Å². The van der Waals surface area contributed by atoms with Crippen molar-refractivity contribution in [2.75, 3.05) is 31.4 Å². The molecule has 0 spiro atoms. The molecule has 0 radical (unpaired) electrons. The van der Waals surface area contributed by atoms with Gasteiger partial charge in [0, 0.05) is 11.8 Å². The van der Waals surface area contributed by atoms with Gasteiger partial charge in [-0.3, -0.25) is 4.79 Å². The highest BCUT2D eigenvalue weighted by Gasteiger charge is 2.08. The molecule has 22 heavy (non-hydrogen) atoms. The molecule has 0 fully saturated rings. The molecule has 0 aliphatic heterocycles. The van der Waals surface area contributed by atoms with Crippen LogP contribution in [0.1, 0.15) is 0 Å². The van der Waals surface area contributed by atoms with Crippen LogP contribution < -0.4 is 20.1 Å². The molecule has 0 saturated heterocycles. The van der Waals surface area contributed by atoms with Gasteiger partial charge in [-0.05, 0) is 24.3 Å². The van der Waals surface area contributed by atoms with E-state index in [-0.39, 0.29) is 18.1 Å². The number of hydrogen-bond donors (Lipinski definition) is 2. The van der Waals surface area contributed by atoms with Crippen molar-refractivity contribution in [2.45, 2.75) is 0 Å². The van der Waals surface area contributed by atoms with E-state index in [2.05, 4.69) is 10.6 Å². The Morgan fingerprint density at radius 3 is 2.50 bits per heavy atom. The summed E-state index contributed by atoms with van der Waals surface area (Å²) in [5, 5.41) is 5.44. The van der Waals surface area contributed by atoms with E-state index >= 15 is 0 Å². The summed E-state index contributed by atoms with van der Waals surface area (Å²) in [5.41, 5.74) is 0.850. The van der Waals surface area contributed by atoms with Crippen molar-refractivity contribution in [3.05, 3.63) is 48.3 Å². The molecule has 2 N–H and O–H groups in total. The van der Waals surface area contributed by atoms with Crippen LogP contribution in [0.25, 0.3) is 0 Å². The monoisotopic (exact) mass is 304 g/mol. The molecule has 2 aromatic carbocycles. The molecule has 0 aliphatic rings. The molecular formula is C16H17FN2O3. The van der Waals surface area contributed by atoms with E-state index in [1.807, 2.05) is 0 Å². The highest BCUT2D eigenvalue weighted by molar-refractivity contribution is 5.94. The lowest BCUT2D eigenvalue weighted by Crippen LogP contribution is -2.22. The number of nitrogens with one attached hydrogen (secondary N) is 2. The van der Waals surface area contributed by atoms with Crippen molar-refractivity contribution in [3.63, 3.8) is 0 Å². The molecule has 0 aromatic heterocycles. The van der Waals surface area contributed by atoms with Gasteiger partial charge < -0.3 is 20.1 Å². The molecular weight excluding hydrogens is 287 g/mol. The number of carbonyl (C=O) groups excluding carboxylic acids is 1. The Balaban J connectivity index is 1.96. The summed E-state index contributed by atoms with van der Waals surface area (Å²) < 4.78 is 23.7. The Bertz CT molecular complexity index is 662. The summed E-state index contributed by atoms with van der Waals surface area (Å²) in [5.74, 6) is 0.393. The van der Waals surface area contributed by atoms with Crippen molar-refractivity contribution in [2.24, 2.45) is 0 Å². The summed E-state index contributed by atoms with van der Waals surface area (Å²) in [6.07, 6.45) is 0. The maximum absolute atomic E-state index is 13.4. The number of benzene rings is 2. The first-order valence-electron chi connectivity index (χ1n) is 6.64. The number of anilines is 2. The van der Waals surface area contributed by atoms with Crippen molar-refractivity contribution in [3.8, 4) is 11.5 Å². The quantitative estimate of drug-likeness (QED) is 0.861. The molecule has 116 valence electrons. The van der Waals surface area contributed by atoms with Gasteiger partial charge in [-0.2, -0.15) is 0 Å². The van der Waals surface area contributed by atoms with Crippen LogP contribution in [0.3, 0.4) is 0 Å². The van der Waals surface area contributed by atoms with E-state index in [4.69, 9.17) is 9.47 Å². The van der Waals surface area contributed by atoms with Crippen LogP contribution in [0.2, 0.25) is 0 Å². The molecule has 2 rings (SSSR count). The minimum atomic E-state index is -0.401. The second-order valence-electron chi connectivity index (χ2n) is 4.45. The highest BCUT2D eigenvalue weighted by Crippen LogP contribution is 2.29. The summed E-state index contributed by atoms with van der Waals surface area (Å²) in [4.78, 5) is 11.9. The number of hydrogen-bond acceptors (Lipinski definition) is 4. The maximum Gasteiger partial charge on any atom is 0.243 e. The zero-order valence-corrected chi connectivity index (χ0v) is 12.4. The number of amides is 1. The lowest BCUT2D eigenvalue weighted by atomic mass is 10.2. The second-order valence-corrected chi connectivity index (χ2v) is 4.45. The molecule has 0 heterocycles. The van der Waals surface area contributed by atoms with E-state index in [1.54, 1.807) is 36.4 Å². The highest BCUT2D eigenvalue weighted by atomic mass is 19.1. The Morgan fingerprint density at radius 1 is 1.09 bits per heavy atom. The van der Waals surface area contributed by atoms with Gasteiger partial charge in [0.15, 0.2) is 11.5 Å². The van der Waals surface area contributed by atoms with Crippen LogP contribution in [0, 0.1) is 5.82 Å². The van der Waals surface area contributed by atoms with Crippen LogP contribution >= 0.6 is 0 Å². The standard InChI is InChI=1S/C16H17FN2O3/c1-21-14-8-7-11(9-15(14)22-2)19-16(20)10-18-13-6-4-3-5-12(13)17/h3-9,18H,10H2,1-2H3,(H,19,20). The molecule has 6 heteroatoms. The van der Waals surface area contributed by atoms with Crippen molar-refractivity contribution >= 4 is 17.3 Å². The first kappa shape index (κ1) is 15.6. The number of halogens is 1. The van der Waals surface area contributed by atoms with Gasteiger partial charge in [-0.15, -0.1) is 0 Å². The number of carbonyl (C=O) groups is 1. The van der Waals surface area contributed by atoms with E-state index < -0.39 is 5.82 Å². The van der Waals surface area contributed by atoms with Gasteiger partial charge >= 0.3 is 0 Å². The van der Waals surface area contributed by atoms with Crippen LogP contribution in [0.15, 0.2) is 42.5 Å². The first-order chi connectivity index (χ1) is 10.6. The summed E-state index contributed by atoms with van der Waals surface area (Å²) in [6, 6.07) is 11.2. The predicted molar refractivity (Wildman–Crippen MR) is 83.1 cm³/mol. The number of rotatable bonds is 6. The third-order valence-electron chi connectivity index (χ3n) is 2.98. The van der Waals surface area contributed by atoms with Crippen molar-refractivity contribution in [1.29, 1.82) is 0 Å². The maximum atomic E-state index is 13.4. The van der Waals surface area contributed by atoms with Gasteiger partial charge in [-0.25, -0.2) is 4.39 Å². The lowest BCUT2D eigenvalue weighted by molar-refractivity contribution is -0.114. The fraction of sp³-hybridized carbons (Fsp3) is 0.188. The average Bonchev–Trinajstić information content (AvgIpc) is 2.54. The Labute approximate surface area is 128 Å². The normalized spacial score (nSPS) is 9.95. The topological polar surface area (TPSA) is 59.6 Å². The summed E-state index contributed by atoms with van der Waals surface area (Å²) in [7, 11) is 3.05. The summed E-state index contributed by atoms with van der Waals surface area (Å²) in [6.45, 7) is -0.0464. The van der Waals surface area contributed by atoms with Gasteiger partial charge in [0.25, 0.3) is 0 Å². The van der Waals surface area contributed by atoms with E-state index in [1.165, 1.54) is 20.3 Å². The SMILES string of the molecule is COc1ccc(NC(=O)CNc2ccccc2F)cc1OC.